The van der Waals surface area contributed by atoms with E-state index in [1.165, 1.54) is 20.1 Å². The van der Waals surface area contributed by atoms with Crippen molar-refractivity contribution < 1.29 is 0 Å². The van der Waals surface area contributed by atoms with E-state index in [1.54, 1.807) is 11.3 Å². The van der Waals surface area contributed by atoms with Gasteiger partial charge in [-0.05, 0) is 50.8 Å². The van der Waals surface area contributed by atoms with Crippen molar-refractivity contribution in [3.63, 3.8) is 0 Å². The summed E-state index contributed by atoms with van der Waals surface area (Å²) in [6.45, 7) is 2.18. The van der Waals surface area contributed by atoms with Crippen LogP contribution in [0.2, 0.25) is 0 Å². The van der Waals surface area contributed by atoms with Crippen molar-refractivity contribution in [2.75, 3.05) is 0 Å². The molecule has 2 heteroatoms. The Bertz CT molecular complexity index is 403. The summed E-state index contributed by atoms with van der Waals surface area (Å²) in [6.07, 6.45) is 1.10. The number of hydrogen-bond donors (Lipinski definition) is 0. The van der Waals surface area contributed by atoms with Gasteiger partial charge in [-0.2, -0.15) is 0 Å². The number of benzene rings is 1. The summed E-state index contributed by atoms with van der Waals surface area (Å²) in [5, 5.41) is 3.49. The van der Waals surface area contributed by atoms with Gasteiger partial charge in [-0.15, -0.1) is 11.3 Å². The van der Waals surface area contributed by atoms with E-state index in [-0.39, 0.29) is 0 Å². The van der Waals surface area contributed by atoms with E-state index in [9.17, 15) is 0 Å². The van der Waals surface area contributed by atoms with E-state index >= 15 is 0 Å². The molecule has 0 aliphatic carbocycles. The molecular formula is C10H9BrS. The molecule has 62 valence electrons. The van der Waals surface area contributed by atoms with E-state index < -0.39 is 0 Å². The molecule has 2 rings (SSSR count). The number of hydrogen-bond acceptors (Lipinski definition) is 1. The number of halogens is 1. The highest BCUT2D eigenvalue weighted by Gasteiger charge is 2.01. The summed E-state index contributed by atoms with van der Waals surface area (Å²) >= 11 is 5.36. The van der Waals surface area contributed by atoms with Gasteiger partial charge >= 0.3 is 0 Å². The molecule has 0 nitrogen and oxygen atoms in total. The molecule has 0 saturated heterocycles. The first-order valence-corrected chi connectivity index (χ1v) is 5.64. The summed E-state index contributed by atoms with van der Waals surface area (Å²) in [7, 11) is 0. The molecule has 0 radical (unpaired) electrons. The van der Waals surface area contributed by atoms with Crippen LogP contribution in [-0.2, 0) is 6.42 Å². The van der Waals surface area contributed by atoms with Gasteiger partial charge in [0.1, 0.15) is 0 Å². The maximum atomic E-state index is 3.58. The Morgan fingerprint density at radius 2 is 2.25 bits per heavy atom. The zero-order valence-electron chi connectivity index (χ0n) is 6.80. The second kappa shape index (κ2) is 3.19. The predicted octanol–water partition coefficient (Wildman–Crippen LogP) is 4.23. The van der Waals surface area contributed by atoms with Gasteiger partial charge in [-0.3, -0.25) is 0 Å². The standard InChI is InChI=1S/C10H9BrS/c1-2-7-5-8-3-4-12-10(8)9(11)6-7/h3-6H,2H2,1H3. The van der Waals surface area contributed by atoms with Crippen molar-refractivity contribution in [1.82, 2.24) is 0 Å². The zero-order valence-corrected chi connectivity index (χ0v) is 9.21. The first-order chi connectivity index (χ1) is 5.81. The third kappa shape index (κ3) is 1.29. The lowest BCUT2D eigenvalue weighted by Crippen LogP contribution is -1.78. The van der Waals surface area contributed by atoms with Gasteiger partial charge in [0.2, 0.25) is 0 Å². The van der Waals surface area contributed by atoms with Crippen LogP contribution in [0.1, 0.15) is 12.5 Å². The molecule has 0 amide bonds. The Morgan fingerprint density at radius 3 is 3.00 bits per heavy atom. The van der Waals surface area contributed by atoms with Crippen LogP contribution in [0.5, 0.6) is 0 Å². The van der Waals surface area contributed by atoms with E-state index in [4.69, 9.17) is 0 Å². The lowest BCUT2D eigenvalue weighted by Gasteiger charge is -1.98. The summed E-state index contributed by atoms with van der Waals surface area (Å²) in [4.78, 5) is 0. The van der Waals surface area contributed by atoms with Crippen LogP contribution in [0, 0.1) is 0 Å². The second-order valence-electron chi connectivity index (χ2n) is 2.77. The smallest absolute Gasteiger partial charge is 0.0485 e. The number of fused-ring (bicyclic) bond motifs is 1. The predicted molar refractivity (Wildman–Crippen MR) is 58.9 cm³/mol. The number of aryl methyl sites for hydroxylation is 1. The Kier molecular flexibility index (Phi) is 2.20. The van der Waals surface area contributed by atoms with Gasteiger partial charge in [0, 0.05) is 9.17 Å². The molecule has 0 aliphatic rings. The highest BCUT2D eigenvalue weighted by atomic mass is 79.9. The minimum absolute atomic E-state index is 1.10. The van der Waals surface area contributed by atoms with Crippen LogP contribution in [0.4, 0.5) is 0 Å². The third-order valence-corrected chi connectivity index (χ3v) is 3.83. The van der Waals surface area contributed by atoms with Gasteiger partial charge in [0.05, 0.1) is 0 Å². The molecule has 1 aromatic carbocycles. The SMILES string of the molecule is CCc1cc(Br)c2sccc2c1. The van der Waals surface area contributed by atoms with E-state index in [0.717, 1.165) is 6.42 Å². The molecule has 2 aromatic rings. The fourth-order valence-electron chi connectivity index (χ4n) is 1.30. The summed E-state index contributed by atoms with van der Waals surface area (Å²) < 4.78 is 2.58. The zero-order chi connectivity index (χ0) is 8.55. The first-order valence-electron chi connectivity index (χ1n) is 3.97. The molecule has 1 heterocycles. The Balaban J connectivity index is 2.75. The molecule has 0 unspecified atom stereocenters. The minimum Gasteiger partial charge on any atom is -0.143 e. The van der Waals surface area contributed by atoms with Crippen LogP contribution >= 0.6 is 27.3 Å². The van der Waals surface area contributed by atoms with Gasteiger partial charge in [-0.1, -0.05) is 13.0 Å². The molecule has 0 N–H and O–H groups in total. The number of rotatable bonds is 1. The van der Waals surface area contributed by atoms with Crippen LogP contribution in [0.3, 0.4) is 0 Å². The largest absolute Gasteiger partial charge is 0.143 e. The van der Waals surface area contributed by atoms with Gasteiger partial charge in [-0.25, -0.2) is 0 Å². The lowest BCUT2D eigenvalue weighted by molar-refractivity contribution is 1.14. The second-order valence-corrected chi connectivity index (χ2v) is 4.54. The van der Waals surface area contributed by atoms with Crippen LogP contribution < -0.4 is 0 Å². The highest BCUT2D eigenvalue weighted by Crippen LogP contribution is 2.30. The fourth-order valence-corrected chi connectivity index (χ4v) is 2.89. The average Bonchev–Trinajstić information content (AvgIpc) is 2.52. The van der Waals surface area contributed by atoms with E-state index in [0.29, 0.717) is 0 Å². The maximum Gasteiger partial charge on any atom is 0.0485 e. The van der Waals surface area contributed by atoms with Gasteiger partial charge in [0.15, 0.2) is 0 Å². The molecule has 0 saturated carbocycles. The Morgan fingerprint density at radius 1 is 1.42 bits per heavy atom. The monoisotopic (exact) mass is 240 g/mol. The molecule has 12 heavy (non-hydrogen) atoms. The van der Waals surface area contributed by atoms with Crippen molar-refractivity contribution in [1.29, 1.82) is 0 Å². The Hall–Kier alpha value is -0.340. The van der Waals surface area contributed by atoms with Crippen molar-refractivity contribution in [2.45, 2.75) is 13.3 Å². The van der Waals surface area contributed by atoms with Crippen molar-refractivity contribution in [2.24, 2.45) is 0 Å². The topological polar surface area (TPSA) is 0 Å². The van der Waals surface area contributed by atoms with Crippen molar-refractivity contribution in [3.8, 4) is 0 Å². The highest BCUT2D eigenvalue weighted by molar-refractivity contribution is 9.10. The maximum absolute atomic E-state index is 3.58. The normalized spacial score (nSPS) is 10.8. The third-order valence-electron chi connectivity index (χ3n) is 1.97. The lowest BCUT2D eigenvalue weighted by atomic mass is 10.1. The molecular weight excluding hydrogens is 232 g/mol. The Labute approximate surface area is 84.4 Å². The number of thiophene rings is 1. The quantitative estimate of drug-likeness (QED) is 0.701. The van der Waals surface area contributed by atoms with Gasteiger partial charge in [0.25, 0.3) is 0 Å². The molecule has 0 bridgehead atoms. The van der Waals surface area contributed by atoms with E-state index in [2.05, 4.69) is 46.4 Å². The van der Waals surface area contributed by atoms with Crippen LogP contribution in [0.25, 0.3) is 10.1 Å². The van der Waals surface area contributed by atoms with Crippen LogP contribution in [0.15, 0.2) is 28.1 Å². The van der Waals surface area contributed by atoms with Gasteiger partial charge < -0.3 is 0 Å². The minimum atomic E-state index is 1.10. The van der Waals surface area contributed by atoms with Crippen molar-refractivity contribution >= 4 is 37.4 Å². The molecule has 0 aliphatic heterocycles. The molecule has 0 spiro atoms. The molecule has 0 fully saturated rings. The summed E-state index contributed by atoms with van der Waals surface area (Å²) in [5.41, 5.74) is 1.40. The first kappa shape index (κ1) is 8.27. The molecule has 0 atom stereocenters. The van der Waals surface area contributed by atoms with Crippen molar-refractivity contribution in [3.05, 3.63) is 33.6 Å². The average molecular weight is 241 g/mol. The summed E-state index contributed by atoms with van der Waals surface area (Å²) in [6, 6.07) is 6.64. The van der Waals surface area contributed by atoms with Crippen LogP contribution in [-0.4, -0.2) is 0 Å². The summed E-state index contributed by atoms with van der Waals surface area (Å²) in [5.74, 6) is 0. The molecule has 1 aromatic heterocycles. The van der Waals surface area contributed by atoms with E-state index in [1.807, 2.05) is 0 Å². The fraction of sp³-hybridized carbons (Fsp3) is 0.200.